The minimum Gasteiger partial charge on any atom is -0.339 e. The normalized spacial score (nSPS) is 12.9. The fraction of sp³-hybridized carbons (Fsp3) is 0.565. The number of anilines is 1. The van der Waals surface area contributed by atoms with Crippen LogP contribution in [-0.4, -0.2) is 39.5 Å². The minimum absolute atomic E-state index is 0.0297. The molecule has 0 bridgehead atoms. The Hall–Kier alpha value is -1.99. The Bertz CT molecular complexity index is 840. The number of carbonyl (C=O) groups is 2. The molecule has 0 saturated heterocycles. The second kappa shape index (κ2) is 12.8. The van der Waals surface area contributed by atoms with E-state index in [0.29, 0.717) is 21.7 Å². The Morgan fingerprint density at radius 1 is 1.13 bits per heavy atom. The summed E-state index contributed by atoms with van der Waals surface area (Å²) >= 11 is 7.24. The van der Waals surface area contributed by atoms with Crippen molar-refractivity contribution in [1.29, 1.82) is 0 Å². The van der Waals surface area contributed by atoms with Gasteiger partial charge in [-0.1, -0.05) is 68.7 Å². The molecule has 0 aliphatic carbocycles. The maximum Gasteiger partial charge on any atom is 0.227 e. The van der Waals surface area contributed by atoms with Crippen LogP contribution in [-0.2, 0) is 9.59 Å². The Balaban J connectivity index is 1.96. The SMILES string of the molecule is CCCCC(CC)C(=O)N(CCC(=O)Nc1nnc(-c2ccc(Cl)cc2)s1)C(C)CC. The Labute approximate surface area is 194 Å². The summed E-state index contributed by atoms with van der Waals surface area (Å²) in [7, 11) is 0. The van der Waals surface area contributed by atoms with E-state index in [9.17, 15) is 9.59 Å². The van der Waals surface area contributed by atoms with E-state index in [0.717, 1.165) is 37.7 Å². The van der Waals surface area contributed by atoms with Gasteiger partial charge in [0, 0.05) is 35.5 Å². The molecule has 2 aromatic rings. The molecule has 0 radical (unpaired) electrons. The average molecular weight is 465 g/mol. The van der Waals surface area contributed by atoms with E-state index < -0.39 is 0 Å². The molecule has 1 aromatic heterocycles. The van der Waals surface area contributed by atoms with E-state index in [1.807, 2.05) is 24.0 Å². The van der Waals surface area contributed by atoms with Crippen molar-refractivity contribution in [2.45, 2.75) is 72.3 Å². The van der Waals surface area contributed by atoms with Crippen LogP contribution >= 0.6 is 22.9 Å². The fourth-order valence-electron chi connectivity index (χ4n) is 3.34. The number of nitrogens with one attached hydrogen (secondary N) is 1. The highest BCUT2D eigenvalue weighted by molar-refractivity contribution is 7.18. The van der Waals surface area contributed by atoms with Gasteiger partial charge < -0.3 is 10.2 Å². The molecule has 0 aliphatic heterocycles. The number of benzene rings is 1. The summed E-state index contributed by atoms with van der Waals surface area (Å²) in [6.07, 6.45) is 4.95. The highest BCUT2D eigenvalue weighted by Gasteiger charge is 2.26. The summed E-state index contributed by atoms with van der Waals surface area (Å²) in [5.41, 5.74) is 0.897. The topological polar surface area (TPSA) is 75.2 Å². The zero-order valence-corrected chi connectivity index (χ0v) is 20.4. The lowest BCUT2D eigenvalue weighted by Gasteiger charge is -2.32. The predicted octanol–water partition coefficient (Wildman–Crippen LogP) is 6.03. The van der Waals surface area contributed by atoms with Crippen molar-refractivity contribution in [2.24, 2.45) is 5.92 Å². The molecule has 170 valence electrons. The van der Waals surface area contributed by atoms with E-state index in [-0.39, 0.29) is 30.2 Å². The van der Waals surface area contributed by atoms with Crippen LogP contribution < -0.4 is 5.32 Å². The first-order chi connectivity index (χ1) is 14.9. The number of unbranched alkanes of at least 4 members (excludes halogenated alkanes) is 1. The van der Waals surface area contributed by atoms with E-state index >= 15 is 0 Å². The van der Waals surface area contributed by atoms with Crippen molar-refractivity contribution in [1.82, 2.24) is 15.1 Å². The third-order valence-corrected chi connectivity index (χ3v) is 6.64. The molecule has 0 fully saturated rings. The lowest BCUT2D eigenvalue weighted by Crippen LogP contribution is -2.43. The number of aromatic nitrogens is 2. The highest BCUT2D eigenvalue weighted by Crippen LogP contribution is 2.27. The monoisotopic (exact) mass is 464 g/mol. The number of hydrogen-bond donors (Lipinski definition) is 1. The van der Waals surface area contributed by atoms with Crippen molar-refractivity contribution in [3.63, 3.8) is 0 Å². The van der Waals surface area contributed by atoms with Crippen molar-refractivity contribution in [3.8, 4) is 10.6 Å². The molecule has 0 aliphatic rings. The van der Waals surface area contributed by atoms with Crippen molar-refractivity contribution in [2.75, 3.05) is 11.9 Å². The first kappa shape index (κ1) is 25.3. The number of halogens is 1. The number of nitrogens with zero attached hydrogens (tertiary/aromatic N) is 3. The van der Waals surface area contributed by atoms with Crippen LogP contribution in [0.5, 0.6) is 0 Å². The molecule has 1 heterocycles. The smallest absolute Gasteiger partial charge is 0.227 e. The number of amides is 2. The number of rotatable bonds is 12. The van der Waals surface area contributed by atoms with Crippen LogP contribution in [0.4, 0.5) is 5.13 Å². The molecule has 8 heteroatoms. The lowest BCUT2D eigenvalue weighted by atomic mass is 9.96. The van der Waals surface area contributed by atoms with Crippen molar-refractivity contribution < 1.29 is 9.59 Å². The first-order valence-electron chi connectivity index (χ1n) is 11.1. The van der Waals surface area contributed by atoms with E-state index in [1.165, 1.54) is 11.3 Å². The van der Waals surface area contributed by atoms with Gasteiger partial charge in [-0.15, -0.1) is 10.2 Å². The average Bonchev–Trinajstić information content (AvgIpc) is 3.22. The highest BCUT2D eigenvalue weighted by atomic mass is 35.5. The number of hydrogen-bond acceptors (Lipinski definition) is 5. The van der Waals surface area contributed by atoms with E-state index in [4.69, 9.17) is 11.6 Å². The third kappa shape index (κ3) is 7.58. The summed E-state index contributed by atoms with van der Waals surface area (Å²) in [5, 5.41) is 12.8. The van der Waals surface area contributed by atoms with Crippen molar-refractivity contribution in [3.05, 3.63) is 29.3 Å². The standard InChI is InChI=1S/C23H33ClN4O2S/c1-5-8-9-17(7-3)22(30)28(16(4)6-2)15-14-20(29)25-23-27-26-21(31-23)18-10-12-19(24)13-11-18/h10-13,16-17H,5-9,14-15H2,1-4H3,(H,25,27,29). The summed E-state index contributed by atoms with van der Waals surface area (Å²) in [4.78, 5) is 27.5. The van der Waals surface area contributed by atoms with Gasteiger partial charge in [-0.05, 0) is 38.3 Å². The molecule has 2 unspecified atom stereocenters. The van der Waals surface area contributed by atoms with Gasteiger partial charge >= 0.3 is 0 Å². The Kier molecular flexibility index (Phi) is 10.4. The maximum absolute atomic E-state index is 13.1. The quantitative estimate of drug-likeness (QED) is 0.416. The molecular weight excluding hydrogens is 432 g/mol. The summed E-state index contributed by atoms with van der Waals surface area (Å²) in [6.45, 7) is 8.72. The molecule has 1 aromatic carbocycles. The van der Waals surface area contributed by atoms with E-state index in [1.54, 1.807) is 12.1 Å². The molecule has 2 rings (SSSR count). The minimum atomic E-state index is -0.165. The van der Waals surface area contributed by atoms with Gasteiger partial charge in [0.1, 0.15) is 5.01 Å². The second-order valence-corrected chi connectivity index (χ2v) is 9.17. The molecule has 2 atom stereocenters. The van der Waals surface area contributed by atoms with Crippen LogP contribution in [0.1, 0.15) is 66.2 Å². The van der Waals surface area contributed by atoms with Gasteiger partial charge in [0.25, 0.3) is 0 Å². The van der Waals surface area contributed by atoms with E-state index in [2.05, 4.69) is 36.3 Å². The zero-order valence-electron chi connectivity index (χ0n) is 18.9. The van der Waals surface area contributed by atoms with Gasteiger partial charge in [0.05, 0.1) is 0 Å². The lowest BCUT2D eigenvalue weighted by molar-refractivity contribution is -0.138. The Morgan fingerprint density at radius 2 is 1.84 bits per heavy atom. The predicted molar refractivity (Wildman–Crippen MR) is 128 cm³/mol. The van der Waals surface area contributed by atoms with Crippen LogP contribution in [0.25, 0.3) is 10.6 Å². The molecule has 1 N–H and O–H groups in total. The third-order valence-electron chi connectivity index (χ3n) is 5.50. The maximum atomic E-state index is 13.1. The van der Waals surface area contributed by atoms with Gasteiger partial charge in [-0.3, -0.25) is 9.59 Å². The van der Waals surface area contributed by atoms with Gasteiger partial charge in [0.2, 0.25) is 16.9 Å². The molecule has 2 amide bonds. The summed E-state index contributed by atoms with van der Waals surface area (Å²) in [5.74, 6) is 0.0302. The van der Waals surface area contributed by atoms with Crippen LogP contribution in [0.3, 0.4) is 0 Å². The molecule has 0 saturated carbocycles. The molecule has 31 heavy (non-hydrogen) atoms. The first-order valence-corrected chi connectivity index (χ1v) is 12.3. The van der Waals surface area contributed by atoms with Gasteiger partial charge in [0.15, 0.2) is 0 Å². The van der Waals surface area contributed by atoms with Crippen LogP contribution in [0, 0.1) is 5.92 Å². The number of carbonyl (C=O) groups excluding carboxylic acids is 2. The van der Waals surface area contributed by atoms with Gasteiger partial charge in [-0.2, -0.15) is 0 Å². The summed E-state index contributed by atoms with van der Waals surface area (Å²) < 4.78 is 0. The molecule has 6 nitrogen and oxygen atoms in total. The largest absolute Gasteiger partial charge is 0.339 e. The summed E-state index contributed by atoms with van der Waals surface area (Å²) in [6, 6.07) is 7.43. The van der Waals surface area contributed by atoms with Crippen LogP contribution in [0.2, 0.25) is 5.02 Å². The van der Waals surface area contributed by atoms with Crippen LogP contribution in [0.15, 0.2) is 24.3 Å². The zero-order chi connectivity index (χ0) is 22.8. The Morgan fingerprint density at radius 3 is 2.45 bits per heavy atom. The fourth-order valence-corrected chi connectivity index (χ4v) is 4.23. The molecular formula is C23H33ClN4O2S. The van der Waals surface area contributed by atoms with Crippen molar-refractivity contribution >= 4 is 39.9 Å². The second-order valence-electron chi connectivity index (χ2n) is 7.75. The van der Waals surface area contributed by atoms with Gasteiger partial charge in [-0.25, -0.2) is 0 Å². The molecule has 0 spiro atoms.